The van der Waals surface area contributed by atoms with Crippen molar-refractivity contribution in [3.8, 4) is 0 Å². The van der Waals surface area contributed by atoms with Crippen LogP contribution in [0.4, 0.5) is 11.4 Å². The number of imide groups is 1. The molecule has 0 aromatic heterocycles. The second-order valence-electron chi connectivity index (χ2n) is 11.9. The summed E-state index contributed by atoms with van der Waals surface area (Å²) in [5, 5.41) is 0. The molecule has 5 rings (SSSR count). The Bertz CT molecular complexity index is 1330. The molecule has 40 heavy (non-hydrogen) atoms. The third-order valence-electron chi connectivity index (χ3n) is 9.59. The SMILES string of the molecule is C=CC1CC(C)C(C(=O)N(C)c2ccc(Cc3ccc(N4C(=O)C5C(C)CC(C=C)C5C4=O)cc3)cc2)C1C=O. The summed E-state index contributed by atoms with van der Waals surface area (Å²) in [6.45, 7) is 11.8. The number of anilines is 2. The zero-order chi connectivity index (χ0) is 28.7. The zero-order valence-corrected chi connectivity index (χ0v) is 23.5. The first-order valence-electron chi connectivity index (χ1n) is 14.2. The summed E-state index contributed by atoms with van der Waals surface area (Å²) in [6.07, 6.45) is 6.85. The van der Waals surface area contributed by atoms with E-state index in [0.717, 1.165) is 35.9 Å². The number of benzene rings is 2. The number of hydrogen-bond donors (Lipinski definition) is 0. The van der Waals surface area contributed by atoms with E-state index in [1.54, 1.807) is 18.0 Å². The lowest BCUT2D eigenvalue weighted by Crippen LogP contribution is -2.38. The fourth-order valence-corrected chi connectivity index (χ4v) is 7.39. The average molecular weight is 539 g/mol. The highest BCUT2D eigenvalue weighted by atomic mass is 16.2. The summed E-state index contributed by atoms with van der Waals surface area (Å²) in [5.74, 6) is -1.11. The molecule has 8 atom stereocenters. The maximum absolute atomic E-state index is 13.3. The van der Waals surface area contributed by atoms with Crippen LogP contribution in [-0.2, 0) is 25.6 Å². The summed E-state index contributed by atoms with van der Waals surface area (Å²) >= 11 is 0. The Morgan fingerprint density at radius 1 is 0.875 bits per heavy atom. The molecule has 2 aromatic rings. The van der Waals surface area contributed by atoms with Gasteiger partial charge in [-0.25, -0.2) is 0 Å². The summed E-state index contributed by atoms with van der Waals surface area (Å²) in [6, 6.07) is 15.5. The third kappa shape index (κ3) is 4.63. The number of carbonyl (C=O) groups excluding carboxylic acids is 4. The number of aldehydes is 1. The molecule has 3 fully saturated rings. The molecule has 208 valence electrons. The van der Waals surface area contributed by atoms with E-state index in [1.807, 2.05) is 68.5 Å². The standard InChI is InChI=1S/C34H38N2O4/c1-6-24-16-20(3)29(28(24)19-37)32(38)35(5)26-12-8-22(9-13-26)18-23-10-14-27(15-11-23)36-33(39)30-21(4)17-25(7-2)31(30)34(36)40/h6-15,19-21,24-25,28-31H,1-2,16-18H2,3-5H3. The smallest absolute Gasteiger partial charge is 0.238 e. The Morgan fingerprint density at radius 3 is 2.00 bits per heavy atom. The molecule has 2 aromatic carbocycles. The van der Waals surface area contributed by atoms with Crippen LogP contribution in [0.25, 0.3) is 0 Å². The molecule has 0 N–H and O–H groups in total. The van der Waals surface area contributed by atoms with Crippen LogP contribution in [0.3, 0.4) is 0 Å². The van der Waals surface area contributed by atoms with Crippen molar-refractivity contribution in [3.63, 3.8) is 0 Å². The first-order valence-corrected chi connectivity index (χ1v) is 14.2. The van der Waals surface area contributed by atoms with Gasteiger partial charge in [0.2, 0.25) is 17.7 Å². The van der Waals surface area contributed by atoms with Crippen LogP contribution in [0.5, 0.6) is 0 Å². The van der Waals surface area contributed by atoms with Crippen molar-refractivity contribution in [1.82, 2.24) is 0 Å². The van der Waals surface area contributed by atoms with Gasteiger partial charge in [0.25, 0.3) is 0 Å². The lowest BCUT2D eigenvalue weighted by molar-refractivity contribution is -0.127. The summed E-state index contributed by atoms with van der Waals surface area (Å²) in [4.78, 5) is 54.5. The highest BCUT2D eigenvalue weighted by molar-refractivity contribution is 6.22. The van der Waals surface area contributed by atoms with Gasteiger partial charge in [-0.2, -0.15) is 0 Å². The minimum atomic E-state index is -0.344. The van der Waals surface area contributed by atoms with E-state index >= 15 is 0 Å². The molecule has 2 saturated carbocycles. The molecule has 2 aliphatic carbocycles. The van der Waals surface area contributed by atoms with Crippen LogP contribution >= 0.6 is 0 Å². The van der Waals surface area contributed by atoms with Crippen molar-refractivity contribution in [1.29, 1.82) is 0 Å². The minimum Gasteiger partial charge on any atom is -0.315 e. The van der Waals surface area contributed by atoms with Crippen LogP contribution in [0, 0.1) is 47.3 Å². The maximum Gasteiger partial charge on any atom is 0.238 e. The van der Waals surface area contributed by atoms with Crippen LogP contribution < -0.4 is 9.80 Å². The van der Waals surface area contributed by atoms with Gasteiger partial charge < -0.3 is 9.69 Å². The Kier molecular flexibility index (Phi) is 7.63. The quantitative estimate of drug-likeness (QED) is 0.254. The van der Waals surface area contributed by atoms with Crippen molar-refractivity contribution in [2.75, 3.05) is 16.8 Å². The lowest BCUT2D eigenvalue weighted by atomic mass is 9.87. The molecular weight excluding hydrogens is 500 g/mol. The van der Waals surface area contributed by atoms with Crippen LogP contribution in [0.2, 0.25) is 0 Å². The molecule has 1 aliphatic heterocycles. The summed E-state index contributed by atoms with van der Waals surface area (Å²) in [5.41, 5.74) is 3.54. The van der Waals surface area contributed by atoms with Crippen molar-refractivity contribution in [3.05, 3.63) is 85.0 Å². The van der Waals surface area contributed by atoms with Gasteiger partial charge in [0.1, 0.15) is 6.29 Å². The van der Waals surface area contributed by atoms with Gasteiger partial charge in [-0.3, -0.25) is 19.3 Å². The summed E-state index contributed by atoms with van der Waals surface area (Å²) in [7, 11) is 1.76. The largest absolute Gasteiger partial charge is 0.315 e. The lowest BCUT2D eigenvalue weighted by Gasteiger charge is -2.26. The van der Waals surface area contributed by atoms with Crippen molar-refractivity contribution in [2.24, 2.45) is 47.3 Å². The van der Waals surface area contributed by atoms with Gasteiger partial charge >= 0.3 is 0 Å². The molecule has 0 radical (unpaired) electrons. The van der Waals surface area contributed by atoms with E-state index in [-0.39, 0.29) is 65.1 Å². The van der Waals surface area contributed by atoms with E-state index in [1.165, 1.54) is 4.90 Å². The third-order valence-corrected chi connectivity index (χ3v) is 9.59. The number of rotatable bonds is 8. The highest BCUT2D eigenvalue weighted by Gasteiger charge is 2.56. The Hall–Kier alpha value is -3.80. The molecule has 6 nitrogen and oxygen atoms in total. The van der Waals surface area contributed by atoms with E-state index in [2.05, 4.69) is 13.2 Å². The molecule has 1 saturated heterocycles. The van der Waals surface area contributed by atoms with Gasteiger partial charge in [0.05, 0.1) is 23.4 Å². The normalized spacial score (nSPS) is 31.2. The minimum absolute atomic E-state index is 0.0394. The summed E-state index contributed by atoms with van der Waals surface area (Å²) < 4.78 is 0. The predicted molar refractivity (Wildman–Crippen MR) is 157 cm³/mol. The predicted octanol–water partition coefficient (Wildman–Crippen LogP) is 5.46. The van der Waals surface area contributed by atoms with Crippen LogP contribution in [0.15, 0.2) is 73.8 Å². The number of nitrogens with zero attached hydrogens (tertiary/aromatic N) is 2. The molecule has 0 spiro atoms. The topological polar surface area (TPSA) is 74.8 Å². The molecule has 8 unspecified atom stereocenters. The maximum atomic E-state index is 13.3. The Balaban J connectivity index is 1.25. The molecule has 6 heteroatoms. The molecule has 0 bridgehead atoms. The van der Waals surface area contributed by atoms with E-state index in [0.29, 0.717) is 12.1 Å². The van der Waals surface area contributed by atoms with Gasteiger partial charge in [0, 0.05) is 18.7 Å². The second kappa shape index (κ2) is 11.0. The first-order chi connectivity index (χ1) is 19.2. The number of carbonyl (C=O) groups is 4. The van der Waals surface area contributed by atoms with Crippen LogP contribution in [0.1, 0.15) is 37.8 Å². The Labute approximate surface area is 236 Å². The van der Waals surface area contributed by atoms with Gasteiger partial charge in [0.15, 0.2) is 0 Å². The number of allylic oxidation sites excluding steroid dienone is 2. The van der Waals surface area contributed by atoms with E-state index < -0.39 is 0 Å². The average Bonchev–Trinajstić information content (AvgIpc) is 3.57. The van der Waals surface area contributed by atoms with Crippen molar-refractivity contribution < 1.29 is 19.2 Å². The first kappa shape index (κ1) is 27.8. The highest BCUT2D eigenvalue weighted by Crippen LogP contribution is 2.49. The number of amides is 3. The molecule has 1 heterocycles. The fourth-order valence-electron chi connectivity index (χ4n) is 7.39. The molecule has 3 amide bonds. The number of fused-ring (bicyclic) bond motifs is 1. The molecular formula is C34H38N2O4. The van der Waals surface area contributed by atoms with Gasteiger partial charge in [-0.15, -0.1) is 13.2 Å². The van der Waals surface area contributed by atoms with E-state index in [9.17, 15) is 19.2 Å². The van der Waals surface area contributed by atoms with Crippen molar-refractivity contribution in [2.45, 2.75) is 33.1 Å². The van der Waals surface area contributed by atoms with Crippen molar-refractivity contribution >= 4 is 35.4 Å². The van der Waals surface area contributed by atoms with E-state index in [4.69, 9.17) is 0 Å². The monoisotopic (exact) mass is 538 g/mol. The van der Waals surface area contributed by atoms with Crippen LogP contribution in [-0.4, -0.2) is 31.1 Å². The zero-order valence-electron chi connectivity index (χ0n) is 23.5. The van der Waals surface area contributed by atoms with Gasteiger partial charge in [-0.05, 0) is 78.3 Å². The second-order valence-corrected chi connectivity index (χ2v) is 11.9. The number of hydrogen-bond acceptors (Lipinski definition) is 4. The van der Waals surface area contributed by atoms with Gasteiger partial charge in [-0.1, -0.05) is 50.3 Å². The fraction of sp³-hybridized carbons (Fsp3) is 0.412. The molecule has 3 aliphatic rings. The Morgan fingerprint density at radius 2 is 1.43 bits per heavy atom.